The zero-order valence-corrected chi connectivity index (χ0v) is 23.6. The van der Waals surface area contributed by atoms with Gasteiger partial charge in [0, 0.05) is 36.1 Å². The third-order valence-corrected chi connectivity index (χ3v) is 9.46. The van der Waals surface area contributed by atoms with Crippen LogP contribution in [0.15, 0.2) is 47.4 Å². The molecule has 0 bridgehead atoms. The van der Waals surface area contributed by atoms with Gasteiger partial charge in [-0.3, -0.25) is 4.79 Å². The lowest BCUT2D eigenvalue weighted by molar-refractivity contribution is -0.143. The quantitative estimate of drug-likeness (QED) is 0.470. The van der Waals surface area contributed by atoms with Crippen LogP contribution in [0.3, 0.4) is 0 Å². The maximum absolute atomic E-state index is 13.4. The first kappa shape index (κ1) is 29.1. The average Bonchev–Trinajstić information content (AvgIpc) is 3.55. The predicted octanol–water partition coefficient (Wildman–Crippen LogP) is 3.94. The van der Waals surface area contributed by atoms with Crippen LogP contribution in [-0.2, 0) is 26.0 Å². The smallest absolute Gasteiger partial charge is 0.415 e. The molecule has 4 rings (SSSR count). The highest BCUT2D eigenvalue weighted by Crippen LogP contribution is 2.36. The van der Waals surface area contributed by atoms with Crippen LogP contribution in [0.2, 0.25) is 10.0 Å². The SMILES string of the molecule is C[C@@]1(C(=O)NC(Cc2ccc(OC(=O)N3CCCC3)cc2)C(=O)O)CCCN1S(=O)(=O)c1cc(Cl)cc(Cl)c1. The van der Waals surface area contributed by atoms with Gasteiger partial charge in [-0.1, -0.05) is 35.3 Å². The maximum atomic E-state index is 13.4. The Kier molecular flexibility index (Phi) is 8.75. The van der Waals surface area contributed by atoms with Crippen molar-refractivity contribution in [2.45, 2.75) is 55.5 Å². The first-order valence-corrected chi connectivity index (χ1v) is 14.7. The van der Waals surface area contributed by atoms with Gasteiger partial charge in [0.2, 0.25) is 15.9 Å². The van der Waals surface area contributed by atoms with Crippen molar-refractivity contribution >= 4 is 51.2 Å². The molecule has 2 atom stereocenters. The summed E-state index contributed by atoms with van der Waals surface area (Å²) in [6, 6.07) is 8.95. The summed E-state index contributed by atoms with van der Waals surface area (Å²) in [6.07, 6.45) is 2.00. The molecule has 2 fully saturated rings. The van der Waals surface area contributed by atoms with Gasteiger partial charge in [-0.05, 0) is 68.5 Å². The fraction of sp³-hybridized carbons (Fsp3) is 0.423. The monoisotopic (exact) mass is 597 g/mol. The topological polar surface area (TPSA) is 133 Å². The summed E-state index contributed by atoms with van der Waals surface area (Å²) in [6.45, 7) is 2.86. The van der Waals surface area contributed by atoms with Crippen molar-refractivity contribution in [1.82, 2.24) is 14.5 Å². The number of benzene rings is 2. The molecule has 2 aliphatic rings. The molecule has 10 nitrogen and oxygen atoms in total. The highest BCUT2D eigenvalue weighted by molar-refractivity contribution is 7.89. The number of carbonyl (C=O) groups excluding carboxylic acids is 2. The molecule has 0 saturated carbocycles. The van der Waals surface area contributed by atoms with E-state index in [0.717, 1.165) is 17.1 Å². The van der Waals surface area contributed by atoms with Crippen LogP contribution >= 0.6 is 23.2 Å². The van der Waals surface area contributed by atoms with Gasteiger partial charge in [0.1, 0.15) is 17.3 Å². The van der Waals surface area contributed by atoms with Crippen LogP contribution in [-0.4, -0.2) is 71.9 Å². The minimum Gasteiger partial charge on any atom is -0.480 e. The molecular weight excluding hydrogens is 569 g/mol. The lowest BCUT2D eigenvalue weighted by atomic mass is 9.97. The van der Waals surface area contributed by atoms with Crippen molar-refractivity contribution in [1.29, 1.82) is 0 Å². The van der Waals surface area contributed by atoms with Gasteiger partial charge < -0.3 is 20.1 Å². The number of likely N-dealkylation sites (tertiary alicyclic amines) is 1. The zero-order chi connectivity index (χ0) is 28.4. The molecule has 0 aliphatic carbocycles. The summed E-state index contributed by atoms with van der Waals surface area (Å²) in [4.78, 5) is 39.1. The number of halogens is 2. The van der Waals surface area contributed by atoms with Crippen LogP contribution in [0.25, 0.3) is 0 Å². The van der Waals surface area contributed by atoms with E-state index in [-0.39, 0.29) is 34.3 Å². The maximum Gasteiger partial charge on any atom is 0.415 e. The summed E-state index contributed by atoms with van der Waals surface area (Å²) in [7, 11) is -4.16. The first-order valence-electron chi connectivity index (χ1n) is 12.5. The van der Waals surface area contributed by atoms with Crippen LogP contribution < -0.4 is 10.1 Å². The number of ether oxygens (including phenoxy) is 1. The van der Waals surface area contributed by atoms with E-state index >= 15 is 0 Å². The molecule has 2 aliphatic heterocycles. The minimum atomic E-state index is -4.16. The number of aliphatic carboxylic acids is 1. The molecule has 2 amide bonds. The van der Waals surface area contributed by atoms with E-state index in [1.165, 1.54) is 25.1 Å². The molecule has 2 aromatic rings. The molecule has 2 aromatic carbocycles. The van der Waals surface area contributed by atoms with Crippen molar-refractivity contribution < 1.29 is 32.6 Å². The molecule has 0 radical (unpaired) electrons. The normalized spacial score (nSPS) is 20.5. The summed E-state index contributed by atoms with van der Waals surface area (Å²) >= 11 is 12.0. The van der Waals surface area contributed by atoms with Gasteiger partial charge in [0.25, 0.3) is 0 Å². The minimum absolute atomic E-state index is 0.0614. The van der Waals surface area contributed by atoms with Gasteiger partial charge in [-0.2, -0.15) is 4.31 Å². The standard InChI is InChI=1S/C26H29Cl2N3O7S/c1-26(9-4-12-31(26)39(36,37)21-15-18(27)14-19(28)16-21)24(34)29-22(23(32)33)13-17-5-7-20(8-6-17)38-25(35)30-10-2-3-11-30/h5-8,14-16,22H,2-4,9-13H2,1H3,(H,29,34)(H,32,33)/t22?,26-/m0/s1. The Labute approximate surface area is 236 Å². The number of carboxylic acids is 1. The van der Waals surface area contributed by atoms with Gasteiger partial charge >= 0.3 is 12.1 Å². The number of nitrogens with zero attached hydrogens (tertiary/aromatic N) is 2. The third-order valence-electron chi connectivity index (χ3n) is 7.02. The number of hydrogen-bond donors (Lipinski definition) is 2. The number of carbonyl (C=O) groups is 3. The van der Waals surface area contributed by atoms with Gasteiger partial charge in [-0.15, -0.1) is 0 Å². The predicted molar refractivity (Wildman–Crippen MR) is 145 cm³/mol. The Balaban J connectivity index is 1.46. The van der Waals surface area contributed by atoms with E-state index in [0.29, 0.717) is 30.8 Å². The Bertz CT molecular complexity index is 1340. The second-order valence-corrected chi connectivity index (χ2v) is 12.6. The number of rotatable bonds is 8. The van der Waals surface area contributed by atoms with Crippen molar-refractivity contribution in [3.63, 3.8) is 0 Å². The van der Waals surface area contributed by atoms with E-state index < -0.39 is 39.6 Å². The zero-order valence-electron chi connectivity index (χ0n) is 21.2. The number of carboxylic acid groups (broad SMARTS) is 1. The Hall–Kier alpha value is -2.86. The molecule has 2 saturated heterocycles. The molecule has 2 heterocycles. The molecule has 39 heavy (non-hydrogen) atoms. The highest BCUT2D eigenvalue weighted by Gasteiger charge is 2.50. The Morgan fingerprint density at radius 3 is 2.23 bits per heavy atom. The van der Waals surface area contributed by atoms with Crippen LogP contribution in [0.4, 0.5) is 4.79 Å². The van der Waals surface area contributed by atoms with Crippen LogP contribution in [0.5, 0.6) is 5.75 Å². The van der Waals surface area contributed by atoms with Gasteiger partial charge in [-0.25, -0.2) is 18.0 Å². The average molecular weight is 599 g/mol. The Morgan fingerprint density at radius 1 is 1.03 bits per heavy atom. The largest absolute Gasteiger partial charge is 0.480 e. The molecule has 210 valence electrons. The van der Waals surface area contributed by atoms with Crippen molar-refractivity contribution in [2.75, 3.05) is 19.6 Å². The summed E-state index contributed by atoms with van der Waals surface area (Å²) in [5.74, 6) is -1.67. The van der Waals surface area contributed by atoms with Crippen LogP contribution in [0.1, 0.15) is 38.2 Å². The van der Waals surface area contributed by atoms with Crippen molar-refractivity contribution in [3.8, 4) is 5.75 Å². The lowest BCUT2D eigenvalue weighted by Gasteiger charge is -2.34. The second kappa shape index (κ2) is 11.7. The van der Waals surface area contributed by atoms with Crippen molar-refractivity contribution in [2.24, 2.45) is 0 Å². The summed E-state index contributed by atoms with van der Waals surface area (Å²) in [5.41, 5.74) is -0.937. The van der Waals surface area contributed by atoms with Gasteiger partial charge in [0.05, 0.1) is 4.90 Å². The fourth-order valence-corrected chi connectivity index (χ4v) is 7.40. The summed E-state index contributed by atoms with van der Waals surface area (Å²) < 4.78 is 33.3. The van der Waals surface area contributed by atoms with E-state index in [9.17, 15) is 27.9 Å². The fourth-order valence-electron chi connectivity index (χ4n) is 4.86. The molecule has 0 spiro atoms. The van der Waals surface area contributed by atoms with E-state index in [1.807, 2.05) is 0 Å². The molecule has 0 aromatic heterocycles. The molecule has 2 N–H and O–H groups in total. The number of nitrogens with one attached hydrogen (secondary N) is 1. The lowest BCUT2D eigenvalue weighted by Crippen LogP contribution is -2.58. The number of sulfonamides is 1. The van der Waals surface area contributed by atoms with E-state index in [1.54, 1.807) is 29.2 Å². The third kappa shape index (κ3) is 6.49. The number of amides is 2. The molecule has 13 heteroatoms. The summed E-state index contributed by atoms with van der Waals surface area (Å²) in [5, 5.41) is 12.6. The molecular formula is C26H29Cl2N3O7S. The van der Waals surface area contributed by atoms with Crippen LogP contribution in [0, 0.1) is 0 Å². The van der Waals surface area contributed by atoms with Crippen molar-refractivity contribution in [3.05, 3.63) is 58.1 Å². The van der Waals surface area contributed by atoms with E-state index in [4.69, 9.17) is 27.9 Å². The molecule has 1 unspecified atom stereocenters. The highest BCUT2D eigenvalue weighted by atomic mass is 35.5. The van der Waals surface area contributed by atoms with E-state index in [2.05, 4.69) is 5.32 Å². The second-order valence-electron chi connectivity index (χ2n) is 9.83. The Morgan fingerprint density at radius 2 is 1.64 bits per heavy atom. The first-order chi connectivity index (χ1) is 18.4. The number of hydrogen-bond acceptors (Lipinski definition) is 6. The van der Waals surface area contributed by atoms with Gasteiger partial charge in [0.15, 0.2) is 0 Å².